The van der Waals surface area contributed by atoms with Crippen molar-refractivity contribution in [3.8, 4) is 22.6 Å². The van der Waals surface area contributed by atoms with Crippen LogP contribution < -0.4 is 9.47 Å². The molecule has 1 atom stereocenters. The average Bonchev–Trinajstić information content (AvgIpc) is 3.33. The predicted octanol–water partition coefficient (Wildman–Crippen LogP) is 5.37. The molecule has 0 radical (unpaired) electrons. The topological polar surface area (TPSA) is 34.2 Å². The van der Waals surface area contributed by atoms with Gasteiger partial charge in [-0.3, -0.25) is 0 Å². The van der Waals surface area contributed by atoms with Crippen LogP contribution in [-0.4, -0.2) is 11.8 Å². The van der Waals surface area contributed by atoms with E-state index in [1.807, 2.05) is 0 Å². The van der Waals surface area contributed by atoms with Gasteiger partial charge in [0.05, 0.1) is 0 Å². The van der Waals surface area contributed by atoms with Gasteiger partial charge in [0, 0.05) is 22.5 Å². The Balaban J connectivity index is 1.70. The lowest BCUT2D eigenvalue weighted by Crippen LogP contribution is -2.00. The molecule has 6 rings (SSSR count). The largest absolute Gasteiger partial charge is 0.454 e. The van der Waals surface area contributed by atoms with Crippen LogP contribution in [0.15, 0.2) is 60.7 Å². The smallest absolute Gasteiger partial charge is 0.231 e. The molecule has 0 fully saturated rings. The van der Waals surface area contributed by atoms with E-state index in [1.54, 1.807) is 0 Å². The van der Waals surface area contributed by atoms with Crippen molar-refractivity contribution in [1.29, 1.82) is 0 Å². The lowest BCUT2D eigenvalue weighted by atomic mass is 9.87. The number of rotatable bonds is 1. The maximum Gasteiger partial charge on any atom is 0.231 e. The van der Waals surface area contributed by atoms with Crippen LogP contribution in [0.1, 0.15) is 28.3 Å². The lowest BCUT2D eigenvalue weighted by Gasteiger charge is -2.15. The van der Waals surface area contributed by atoms with Crippen LogP contribution in [0.5, 0.6) is 11.5 Å². The first kappa shape index (κ1) is 14.0. The molecule has 1 aliphatic carbocycles. The summed E-state index contributed by atoms with van der Waals surface area (Å²) in [5.74, 6) is 1.89. The van der Waals surface area contributed by atoms with E-state index in [9.17, 15) is 0 Å². The number of nitrogens with one attached hydrogen (secondary N) is 1. The molecule has 1 aromatic heterocycles. The number of H-pyrrole nitrogens is 1. The third-order valence-corrected chi connectivity index (χ3v) is 5.65. The van der Waals surface area contributed by atoms with Gasteiger partial charge in [-0.25, -0.2) is 0 Å². The molecular formula is C23H17NO2. The molecule has 2 aliphatic rings. The maximum atomic E-state index is 5.68. The Morgan fingerprint density at radius 1 is 0.846 bits per heavy atom. The van der Waals surface area contributed by atoms with Crippen LogP contribution in [0, 0.1) is 6.92 Å². The van der Waals surface area contributed by atoms with E-state index < -0.39 is 0 Å². The number of hydrogen-bond donors (Lipinski definition) is 1. The van der Waals surface area contributed by atoms with Gasteiger partial charge in [-0.1, -0.05) is 42.5 Å². The molecule has 4 aromatic rings. The summed E-state index contributed by atoms with van der Waals surface area (Å²) in [6.45, 7) is 2.47. The van der Waals surface area contributed by atoms with Crippen molar-refractivity contribution in [2.24, 2.45) is 0 Å². The fourth-order valence-corrected chi connectivity index (χ4v) is 4.57. The summed E-state index contributed by atoms with van der Waals surface area (Å²) in [4.78, 5) is 3.56. The number of ether oxygens (including phenoxy) is 2. The third kappa shape index (κ3) is 1.72. The predicted molar refractivity (Wildman–Crippen MR) is 102 cm³/mol. The highest BCUT2D eigenvalue weighted by atomic mass is 16.7. The van der Waals surface area contributed by atoms with Crippen molar-refractivity contribution in [2.45, 2.75) is 12.8 Å². The summed E-state index contributed by atoms with van der Waals surface area (Å²) >= 11 is 0. The van der Waals surface area contributed by atoms with Crippen molar-refractivity contribution in [3.05, 3.63) is 83.0 Å². The third-order valence-electron chi connectivity index (χ3n) is 5.65. The van der Waals surface area contributed by atoms with E-state index in [0.717, 1.165) is 11.5 Å². The van der Waals surface area contributed by atoms with Crippen molar-refractivity contribution in [2.75, 3.05) is 6.79 Å². The van der Waals surface area contributed by atoms with Gasteiger partial charge in [-0.05, 0) is 52.9 Å². The van der Waals surface area contributed by atoms with Gasteiger partial charge in [0.1, 0.15) is 0 Å². The van der Waals surface area contributed by atoms with Gasteiger partial charge >= 0.3 is 0 Å². The van der Waals surface area contributed by atoms with E-state index in [0.29, 0.717) is 6.79 Å². The summed E-state index contributed by atoms with van der Waals surface area (Å²) in [5.41, 5.74) is 8.94. The average molecular weight is 339 g/mol. The van der Waals surface area contributed by atoms with Crippen LogP contribution in [0.25, 0.3) is 22.0 Å². The van der Waals surface area contributed by atoms with E-state index in [2.05, 4.69) is 72.6 Å². The van der Waals surface area contributed by atoms with Crippen LogP contribution in [0.3, 0.4) is 0 Å². The van der Waals surface area contributed by atoms with E-state index in [-0.39, 0.29) is 5.92 Å². The molecule has 1 unspecified atom stereocenters. The van der Waals surface area contributed by atoms with Crippen LogP contribution in [0.2, 0.25) is 0 Å². The van der Waals surface area contributed by atoms with E-state index in [1.165, 1.54) is 44.4 Å². The van der Waals surface area contributed by atoms with Crippen molar-refractivity contribution in [1.82, 2.24) is 4.98 Å². The summed E-state index contributed by atoms with van der Waals surface area (Å²) in [7, 11) is 0. The van der Waals surface area contributed by atoms with Gasteiger partial charge in [0.2, 0.25) is 6.79 Å². The number of aromatic amines is 1. The number of fused-ring (bicyclic) bond motifs is 5. The van der Waals surface area contributed by atoms with Crippen molar-refractivity contribution >= 4 is 10.9 Å². The van der Waals surface area contributed by atoms with Gasteiger partial charge in [0.25, 0.3) is 0 Å². The Bertz CT molecular complexity index is 1190. The molecule has 0 amide bonds. The molecule has 0 saturated heterocycles. The monoisotopic (exact) mass is 339 g/mol. The SMILES string of the molecule is Cc1[nH]c2ccccc2c1C1c2ccccc2-c2cc3c(cc21)OCO3. The maximum absolute atomic E-state index is 5.68. The quantitative estimate of drug-likeness (QED) is 0.446. The second kappa shape index (κ2) is 4.92. The molecule has 126 valence electrons. The fourth-order valence-electron chi connectivity index (χ4n) is 4.57. The lowest BCUT2D eigenvalue weighted by molar-refractivity contribution is 0.174. The number of para-hydroxylation sites is 1. The molecular weight excluding hydrogens is 322 g/mol. The number of benzene rings is 3. The minimum absolute atomic E-state index is 0.201. The summed E-state index contributed by atoms with van der Waals surface area (Å²) in [6, 6.07) is 21.5. The molecule has 0 saturated carbocycles. The molecule has 2 heterocycles. The highest BCUT2D eigenvalue weighted by Crippen LogP contribution is 2.53. The molecule has 1 aliphatic heterocycles. The first-order valence-electron chi connectivity index (χ1n) is 8.91. The van der Waals surface area contributed by atoms with Gasteiger partial charge in [-0.2, -0.15) is 0 Å². The molecule has 0 spiro atoms. The Labute approximate surface area is 151 Å². The minimum atomic E-state index is 0.201. The standard InChI is InChI=1S/C23H17NO2/c1-13-22(16-8-4-5-9-19(16)24-13)23-15-7-3-2-6-14(15)17-10-20-21(11-18(17)23)26-12-25-20/h2-11,23-24H,12H2,1H3. The highest BCUT2D eigenvalue weighted by Gasteiger charge is 2.34. The first-order chi connectivity index (χ1) is 12.8. The summed E-state index contributed by atoms with van der Waals surface area (Å²) < 4.78 is 11.3. The fraction of sp³-hybridized carbons (Fsp3) is 0.130. The van der Waals surface area contributed by atoms with Crippen LogP contribution in [-0.2, 0) is 0 Å². The van der Waals surface area contributed by atoms with Gasteiger partial charge in [-0.15, -0.1) is 0 Å². The summed E-state index contributed by atoms with van der Waals surface area (Å²) in [6.07, 6.45) is 0. The molecule has 3 heteroatoms. The van der Waals surface area contributed by atoms with Crippen molar-refractivity contribution in [3.63, 3.8) is 0 Å². The Morgan fingerprint density at radius 3 is 2.54 bits per heavy atom. The zero-order chi connectivity index (χ0) is 17.3. The number of aromatic nitrogens is 1. The Kier molecular flexibility index (Phi) is 2.65. The molecule has 1 N–H and O–H groups in total. The molecule has 26 heavy (non-hydrogen) atoms. The molecule has 0 bridgehead atoms. The highest BCUT2D eigenvalue weighted by molar-refractivity contribution is 5.90. The van der Waals surface area contributed by atoms with E-state index >= 15 is 0 Å². The zero-order valence-corrected chi connectivity index (χ0v) is 14.4. The molecule has 3 nitrogen and oxygen atoms in total. The van der Waals surface area contributed by atoms with Crippen molar-refractivity contribution < 1.29 is 9.47 Å². The second-order valence-electron chi connectivity index (χ2n) is 7.02. The first-order valence-corrected chi connectivity index (χ1v) is 8.91. The minimum Gasteiger partial charge on any atom is -0.454 e. The summed E-state index contributed by atoms with van der Waals surface area (Å²) in [5, 5.41) is 1.29. The van der Waals surface area contributed by atoms with E-state index in [4.69, 9.17) is 9.47 Å². The Morgan fingerprint density at radius 2 is 1.62 bits per heavy atom. The van der Waals surface area contributed by atoms with Gasteiger partial charge in [0.15, 0.2) is 11.5 Å². The Hall–Kier alpha value is -3.20. The number of aryl methyl sites for hydroxylation is 1. The molecule has 3 aromatic carbocycles. The second-order valence-corrected chi connectivity index (χ2v) is 7.02. The van der Waals surface area contributed by atoms with Crippen LogP contribution in [0.4, 0.5) is 0 Å². The number of hydrogen-bond acceptors (Lipinski definition) is 2. The van der Waals surface area contributed by atoms with Gasteiger partial charge < -0.3 is 14.5 Å². The van der Waals surface area contributed by atoms with Crippen LogP contribution >= 0.6 is 0 Å². The zero-order valence-electron chi connectivity index (χ0n) is 14.4. The normalized spacial score (nSPS) is 16.7.